The van der Waals surface area contributed by atoms with Crippen molar-refractivity contribution in [1.82, 2.24) is 0 Å². The first-order valence-electron chi connectivity index (χ1n) is 13.6. The molecule has 0 fully saturated rings. The third-order valence-corrected chi connectivity index (χ3v) is 9.11. The monoisotopic (exact) mass is 552 g/mol. The summed E-state index contributed by atoms with van der Waals surface area (Å²) in [5, 5.41) is 23.8. The summed E-state index contributed by atoms with van der Waals surface area (Å²) in [4.78, 5) is 0. The number of para-hydroxylation sites is 1. The third kappa shape index (κ3) is 3.79. The smallest absolute Gasteiger partial charge is 0.136 e. The number of fused-ring (bicyclic) bond motifs is 6. The van der Waals surface area contributed by atoms with Gasteiger partial charge in [-0.3, -0.25) is 0 Å². The van der Waals surface area contributed by atoms with Gasteiger partial charge in [-0.15, -0.1) is 11.3 Å². The van der Waals surface area contributed by atoms with E-state index in [-0.39, 0.29) is 0 Å². The van der Waals surface area contributed by atoms with Crippen molar-refractivity contribution in [3.8, 4) is 45.5 Å². The maximum atomic E-state index is 9.99. The summed E-state index contributed by atoms with van der Waals surface area (Å²) in [6, 6.07) is 45.7. The molecule has 3 nitrogen and oxygen atoms in total. The first kappa shape index (κ1) is 24.1. The van der Waals surface area contributed by atoms with Gasteiger partial charge in [-0.25, -0.2) is 0 Å². The molecule has 194 valence electrons. The lowest BCUT2D eigenvalue weighted by Crippen LogP contribution is -1.90. The van der Waals surface area contributed by atoms with Crippen molar-refractivity contribution in [2.24, 2.45) is 0 Å². The van der Waals surface area contributed by atoms with Crippen LogP contribution in [0, 0.1) is 22.7 Å². The molecular formula is C38H20N2OS. The predicted molar refractivity (Wildman–Crippen MR) is 172 cm³/mol. The number of benzene rings is 6. The molecule has 42 heavy (non-hydrogen) atoms. The van der Waals surface area contributed by atoms with Gasteiger partial charge in [0.05, 0.1) is 23.3 Å². The second kappa shape index (κ2) is 9.46. The Bertz CT molecular complexity index is 2450. The highest BCUT2D eigenvalue weighted by Gasteiger charge is 2.16. The Balaban J connectivity index is 1.32. The van der Waals surface area contributed by atoms with Gasteiger partial charge < -0.3 is 4.42 Å². The van der Waals surface area contributed by atoms with Crippen LogP contribution in [0.1, 0.15) is 11.1 Å². The van der Waals surface area contributed by atoms with Crippen molar-refractivity contribution in [3.05, 3.63) is 132 Å². The molecule has 4 heteroatoms. The lowest BCUT2D eigenvalue weighted by atomic mass is 9.89. The lowest BCUT2D eigenvalue weighted by molar-refractivity contribution is 0.669. The highest BCUT2D eigenvalue weighted by Crippen LogP contribution is 2.41. The molecule has 0 bridgehead atoms. The highest BCUT2D eigenvalue weighted by molar-refractivity contribution is 7.25. The molecule has 0 aliphatic heterocycles. The summed E-state index contributed by atoms with van der Waals surface area (Å²) >= 11 is 1.74. The highest BCUT2D eigenvalue weighted by atomic mass is 32.1. The summed E-state index contributed by atoms with van der Waals surface area (Å²) in [6.07, 6.45) is 0. The van der Waals surface area contributed by atoms with Gasteiger partial charge in [-0.1, -0.05) is 66.7 Å². The van der Waals surface area contributed by atoms with Crippen molar-refractivity contribution in [2.45, 2.75) is 0 Å². The number of rotatable bonds is 3. The van der Waals surface area contributed by atoms with Crippen molar-refractivity contribution < 1.29 is 4.42 Å². The van der Waals surface area contributed by atoms with Crippen LogP contribution >= 0.6 is 11.3 Å². The van der Waals surface area contributed by atoms with Gasteiger partial charge in [-0.05, 0) is 82.4 Å². The summed E-state index contributed by atoms with van der Waals surface area (Å²) in [7, 11) is 0. The SMILES string of the molecule is N#Cc1ccc2sc3cc(-c4ccc(-c5ccc6c(c5)oc5ccccc56)c(-c5ccccc5C#N)c4)ccc3c2c1. The van der Waals surface area contributed by atoms with Crippen LogP contribution in [-0.2, 0) is 0 Å². The summed E-state index contributed by atoms with van der Waals surface area (Å²) in [5.41, 5.74) is 9.15. The molecule has 0 spiro atoms. The molecule has 0 aliphatic rings. The van der Waals surface area contributed by atoms with Crippen molar-refractivity contribution in [3.63, 3.8) is 0 Å². The molecule has 0 unspecified atom stereocenters. The van der Waals surface area contributed by atoms with Gasteiger partial charge in [-0.2, -0.15) is 10.5 Å². The van der Waals surface area contributed by atoms with Crippen LogP contribution in [0.5, 0.6) is 0 Å². The van der Waals surface area contributed by atoms with E-state index in [4.69, 9.17) is 4.42 Å². The Morgan fingerprint density at radius 3 is 2.14 bits per heavy atom. The van der Waals surface area contributed by atoms with E-state index in [1.807, 2.05) is 60.7 Å². The largest absolute Gasteiger partial charge is 0.456 e. The second-order valence-electron chi connectivity index (χ2n) is 10.4. The van der Waals surface area contributed by atoms with Crippen LogP contribution in [-0.4, -0.2) is 0 Å². The maximum absolute atomic E-state index is 9.99. The van der Waals surface area contributed by atoms with Gasteiger partial charge in [0.2, 0.25) is 0 Å². The normalized spacial score (nSPS) is 11.3. The zero-order chi connectivity index (χ0) is 28.2. The molecule has 2 heterocycles. The Labute approximate surface area is 245 Å². The van der Waals surface area contributed by atoms with Crippen LogP contribution < -0.4 is 0 Å². The fourth-order valence-corrected chi connectivity index (χ4v) is 7.06. The van der Waals surface area contributed by atoms with Crippen LogP contribution in [0.15, 0.2) is 126 Å². The van der Waals surface area contributed by atoms with Gasteiger partial charge in [0.1, 0.15) is 11.2 Å². The van der Waals surface area contributed by atoms with E-state index >= 15 is 0 Å². The minimum Gasteiger partial charge on any atom is -0.456 e. The van der Waals surface area contributed by atoms with Gasteiger partial charge in [0.25, 0.3) is 0 Å². The standard InChI is InChI=1S/C38H20N2OS/c39-21-23-9-16-37-34(17-23)32-15-11-25(20-38(32)42-37)24-10-13-29(33(18-24)28-6-2-1-5-27(28)22-40)26-12-14-31-30-7-3-4-8-35(30)41-36(31)19-26/h1-20H. The summed E-state index contributed by atoms with van der Waals surface area (Å²) in [6.45, 7) is 0. The number of nitrogens with zero attached hydrogens (tertiary/aromatic N) is 2. The van der Waals surface area contributed by atoms with Crippen LogP contribution in [0.25, 0.3) is 75.5 Å². The molecule has 0 saturated heterocycles. The van der Waals surface area contributed by atoms with Gasteiger partial charge >= 0.3 is 0 Å². The molecule has 0 N–H and O–H groups in total. The summed E-state index contributed by atoms with van der Waals surface area (Å²) < 4.78 is 8.55. The molecule has 0 aliphatic carbocycles. The van der Waals surface area contributed by atoms with Crippen LogP contribution in [0.4, 0.5) is 0 Å². The van der Waals surface area contributed by atoms with Crippen molar-refractivity contribution in [2.75, 3.05) is 0 Å². The molecule has 0 amide bonds. The van der Waals surface area contributed by atoms with Crippen molar-refractivity contribution >= 4 is 53.4 Å². The topological polar surface area (TPSA) is 60.7 Å². The van der Waals surface area contributed by atoms with E-state index in [1.165, 1.54) is 9.40 Å². The third-order valence-electron chi connectivity index (χ3n) is 7.98. The summed E-state index contributed by atoms with van der Waals surface area (Å²) in [5.74, 6) is 0. The fraction of sp³-hybridized carbons (Fsp3) is 0. The molecule has 0 radical (unpaired) electrons. The molecule has 0 saturated carbocycles. The van der Waals surface area contributed by atoms with E-state index in [0.717, 1.165) is 66.1 Å². The Morgan fingerprint density at radius 1 is 0.476 bits per heavy atom. The van der Waals surface area contributed by atoms with E-state index in [1.54, 1.807) is 11.3 Å². The Kier molecular flexibility index (Phi) is 5.44. The number of nitriles is 2. The Hall–Kier alpha value is -5.68. The number of hydrogen-bond donors (Lipinski definition) is 0. The molecule has 2 aromatic heterocycles. The van der Waals surface area contributed by atoms with E-state index in [9.17, 15) is 10.5 Å². The average molecular weight is 553 g/mol. The molecule has 0 atom stereocenters. The number of hydrogen-bond acceptors (Lipinski definition) is 4. The average Bonchev–Trinajstić information content (AvgIpc) is 3.61. The van der Waals surface area contributed by atoms with Gasteiger partial charge in [0, 0.05) is 36.5 Å². The first-order chi connectivity index (χ1) is 20.7. The van der Waals surface area contributed by atoms with Gasteiger partial charge in [0.15, 0.2) is 0 Å². The Morgan fingerprint density at radius 2 is 1.24 bits per heavy atom. The second-order valence-corrected chi connectivity index (χ2v) is 11.4. The number of thiophene rings is 1. The van der Waals surface area contributed by atoms with E-state index in [2.05, 4.69) is 72.8 Å². The van der Waals surface area contributed by atoms with E-state index < -0.39 is 0 Å². The fourth-order valence-electron chi connectivity index (χ4n) is 5.93. The molecular weight excluding hydrogens is 532 g/mol. The maximum Gasteiger partial charge on any atom is 0.136 e. The quantitative estimate of drug-likeness (QED) is 0.219. The minimum atomic E-state index is 0.633. The molecule has 8 aromatic rings. The zero-order valence-electron chi connectivity index (χ0n) is 22.3. The predicted octanol–water partition coefficient (Wildman–Crippen LogP) is 10.7. The lowest BCUT2D eigenvalue weighted by Gasteiger charge is -2.14. The molecule has 8 rings (SSSR count). The van der Waals surface area contributed by atoms with E-state index in [0.29, 0.717) is 11.1 Å². The van der Waals surface area contributed by atoms with Crippen LogP contribution in [0.3, 0.4) is 0 Å². The van der Waals surface area contributed by atoms with Crippen LogP contribution in [0.2, 0.25) is 0 Å². The minimum absolute atomic E-state index is 0.633. The number of furan rings is 1. The van der Waals surface area contributed by atoms with Crippen molar-refractivity contribution in [1.29, 1.82) is 10.5 Å². The zero-order valence-corrected chi connectivity index (χ0v) is 23.1. The first-order valence-corrected chi connectivity index (χ1v) is 14.4. The molecule has 6 aromatic carbocycles.